The van der Waals surface area contributed by atoms with Gasteiger partial charge >= 0.3 is 0 Å². The second-order valence-electron chi connectivity index (χ2n) is 6.81. The molecular weight excluding hydrogens is 224 g/mol. The third-order valence-electron chi connectivity index (χ3n) is 5.13. The largest absolute Gasteiger partial charge is 0.391 e. The molecule has 0 spiro atoms. The Morgan fingerprint density at radius 2 is 1.72 bits per heavy atom. The van der Waals surface area contributed by atoms with Crippen molar-refractivity contribution in [2.24, 2.45) is 11.8 Å². The number of aliphatic hydroxyl groups excluding tert-OH is 1. The van der Waals surface area contributed by atoms with Crippen molar-refractivity contribution in [3.8, 4) is 0 Å². The third kappa shape index (κ3) is 3.06. The van der Waals surface area contributed by atoms with Crippen molar-refractivity contribution in [2.75, 3.05) is 27.2 Å². The van der Waals surface area contributed by atoms with E-state index >= 15 is 0 Å². The molecule has 18 heavy (non-hydrogen) atoms. The van der Waals surface area contributed by atoms with Crippen LogP contribution in [-0.4, -0.2) is 60.3 Å². The van der Waals surface area contributed by atoms with E-state index in [0.717, 1.165) is 6.42 Å². The molecular formula is C15H30N2O. The van der Waals surface area contributed by atoms with Crippen LogP contribution in [0.2, 0.25) is 0 Å². The molecule has 4 atom stereocenters. The number of hydrogen-bond acceptors (Lipinski definition) is 3. The molecule has 3 heteroatoms. The standard InChI is InChI=1S/C15H30N2O/c1-11-9-12(2)15(14(18)10-11)17(4)13-5-7-16(3)8-6-13/h11-15,18H,5-10H2,1-4H3. The van der Waals surface area contributed by atoms with Crippen molar-refractivity contribution in [1.82, 2.24) is 9.80 Å². The normalized spacial score (nSPS) is 40.3. The lowest BCUT2D eigenvalue weighted by atomic mass is 9.76. The van der Waals surface area contributed by atoms with E-state index in [2.05, 4.69) is 37.7 Å². The van der Waals surface area contributed by atoms with Crippen molar-refractivity contribution in [1.29, 1.82) is 0 Å². The van der Waals surface area contributed by atoms with Gasteiger partial charge in [-0.05, 0) is 64.7 Å². The van der Waals surface area contributed by atoms with E-state index in [-0.39, 0.29) is 6.10 Å². The first kappa shape index (κ1) is 14.3. The Kier molecular flexibility index (Phi) is 4.68. The molecule has 0 aromatic heterocycles. The van der Waals surface area contributed by atoms with Crippen LogP contribution in [0.4, 0.5) is 0 Å². The fraction of sp³-hybridized carbons (Fsp3) is 1.00. The van der Waals surface area contributed by atoms with Gasteiger partial charge in [0.25, 0.3) is 0 Å². The van der Waals surface area contributed by atoms with Gasteiger partial charge in [0, 0.05) is 12.1 Å². The van der Waals surface area contributed by atoms with E-state index in [1.54, 1.807) is 0 Å². The van der Waals surface area contributed by atoms with Crippen LogP contribution < -0.4 is 0 Å². The summed E-state index contributed by atoms with van der Waals surface area (Å²) in [6.45, 7) is 6.98. The predicted octanol–water partition coefficient (Wildman–Crippen LogP) is 1.81. The van der Waals surface area contributed by atoms with Gasteiger partial charge in [-0.2, -0.15) is 0 Å². The van der Waals surface area contributed by atoms with E-state index in [1.165, 1.54) is 32.4 Å². The zero-order valence-electron chi connectivity index (χ0n) is 12.5. The van der Waals surface area contributed by atoms with Gasteiger partial charge in [-0.1, -0.05) is 13.8 Å². The van der Waals surface area contributed by atoms with Crippen LogP contribution in [0.3, 0.4) is 0 Å². The average molecular weight is 254 g/mol. The molecule has 3 nitrogen and oxygen atoms in total. The molecule has 4 unspecified atom stereocenters. The highest BCUT2D eigenvalue weighted by molar-refractivity contribution is 4.92. The summed E-state index contributed by atoms with van der Waals surface area (Å²) in [5, 5.41) is 10.4. The maximum absolute atomic E-state index is 10.4. The van der Waals surface area contributed by atoms with E-state index in [4.69, 9.17) is 0 Å². The minimum absolute atomic E-state index is 0.131. The molecule has 1 saturated heterocycles. The van der Waals surface area contributed by atoms with Gasteiger partial charge in [0.1, 0.15) is 0 Å². The summed E-state index contributed by atoms with van der Waals surface area (Å²) in [7, 11) is 4.44. The van der Waals surface area contributed by atoms with E-state index < -0.39 is 0 Å². The predicted molar refractivity (Wildman–Crippen MR) is 75.6 cm³/mol. The highest BCUT2D eigenvalue weighted by atomic mass is 16.3. The molecule has 1 N–H and O–H groups in total. The Hall–Kier alpha value is -0.120. The van der Waals surface area contributed by atoms with Crippen LogP contribution in [-0.2, 0) is 0 Å². The summed E-state index contributed by atoms with van der Waals surface area (Å²) in [6.07, 6.45) is 4.61. The van der Waals surface area contributed by atoms with Crippen LogP contribution in [0, 0.1) is 11.8 Å². The fourth-order valence-corrected chi connectivity index (χ4v) is 4.12. The number of hydrogen-bond donors (Lipinski definition) is 1. The first-order valence-corrected chi connectivity index (χ1v) is 7.57. The molecule has 0 bridgehead atoms. The van der Waals surface area contributed by atoms with Crippen LogP contribution >= 0.6 is 0 Å². The molecule has 2 rings (SSSR count). The number of aliphatic hydroxyl groups is 1. The number of piperidine rings is 1. The van der Waals surface area contributed by atoms with Crippen LogP contribution in [0.1, 0.15) is 39.5 Å². The number of likely N-dealkylation sites (tertiary alicyclic amines) is 1. The summed E-state index contributed by atoms with van der Waals surface area (Å²) in [5.41, 5.74) is 0. The van der Waals surface area contributed by atoms with Gasteiger partial charge in [-0.15, -0.1) is 0 Å². The topological polar surface area (TPSA) is 26.7 Å². The molecule has 1 aliphatic heterocycles. The second-order valence-corrected chi connectivity index (χ2v) is 6.81. The minimum atomic E-state index is -0.131. The van der Waals surface area contributed by atoms with E-state index in [0.29, 0.717) is 23.9 Å². The maximum atomic E-state index is 10.4. The van der Waals surface area contributed by atoms with Crippen LogP contribution in [0.15, 0.2) is 0 Å². The van der Waals surface area contributed by atoms with Gasteiger partial charge in [0.05, 0.1) is 6.10 Å². The van der Waals surface area contributed by atoms with Crippen LogP contribution in [0.5, 0.6) is 0 Å². The lowest BCUT2D eigenvalue weighted by Gasteiger charge is -2.46. The van der Waals surface area contributed by atoms with Crippen molar-refractivity contribution in [2.45, 2.75) is 57.7 Å². The summed E-state index contributed by atoms with van der Waals surface area (Å²) >= 11 is 0. The van der Waals surface area contributed by atoms with Crippen molar-refractivity contribution >= 4 is 0 Å². The maximum Gasteiger partial charge on any atom is 0.0700 e. The van der Waals surface area contributed by atoms with Gasteiger partial charge in [-0.3, -0.25) is 4.90 Å². The van der Waals surface area contributed by atoms with Gasteiger partial charge < -0.3 is 10.0 Å². The second kappa shape index (κ2) is 5.89. The van der Waals surface area contributed by atoms with Gasteiger partial charge in [0.15, 0.2) is 0 Å². The molecule has 106 valence electrons. The van der Waals surface area contributed by atoms with Crippen molar-refractivity contribution < 1.29 is 5.11 Å². The Balaban J connectivity index is 1.96. The van der Waals surface area contributed by atoms with Gasteiger partial charge in [0.2, 0.25) is 0 Å². The summed E-state index contributed by atoms with van der Waals surface area (Å²) in [6, 6.07) is 1.03. The molecule has 2 aliphatic rings. The number of nitrogens with zero attached hydrogens (tertiary/aromatic N) is 2. The zero-order valence-corrected chi connectivity index (χ0v) is 12.5. The summed E-state index contributed by atoms with van der Waals surface area (Å²) < 4.78 is 0. The van der Waals surface area contributed by atoms with Gasteiger partial charge in [-0.25, -0.2) is 0 Å². The Labute approximate surface area is 112 Å². The Morgan fingerprint density at radius 3 is 2.28 bits per heavy atom. The van der Waals surface area contributed by atoms with Crippen molar-refractivity contribution in [3.05, 3.63) is 0 Å². The van der Waals surface area contributed by atoms with E-state index in [9.17, 15) is 5.11 Å². The lowest BCUT2D eigenvalue weighted by Crippen LogP contribution is -2.55. The highest BCUT2D eigenvalue weighted by Gasteiger charge is 2.38. The molecule has 2 fully saturated rings. The smallest absolute Gasteiger partial charge is 0.0700 e. The molecule has 1 saturated carbocycles. The first-order valence-electron chi connectivity index (χ1n) is 7.57. The number of rotatable bonds is 2. The SMILES string of the molecule is CC1CC(C)C(N(C)C2CCN(C)CC2)C(O)C1. The van der Waals surface area contributed by atoms with Crippen molar-refractivity contribution in [3.63, 3.8) is 0 Å². The summed E-state index contributed by atoms with van der Waals surface area (Å²) in [5.74, 6) is 1.30. The Morgan fingerprint density at radius 1 is 1.11 bits per heavy atom. The average Bonchev–Trinajstić information content (AvgIpc) is 2.28. The first-order chi connectivity index (χ1) is 8.49. The minimum Gasteiger partial charge on any atom is -0.391 e. The number of likely N-dealkylation sites (N-methyl/N-ethyl adjacent to an activating group) is 1. The quantitative estimate of drug-likeness (QED) is 0.814. The Bertz CT molecular complexity index is 251. The molecule has 1 aliphatic carbocycles. The third-order valence-corrected chi connectivity index (χ3v) is 5.13. The molecule has 0 aromatic carbocycles. The lowest BCUT2D eigenvalue weighted by molar-refractivity contribution is -0.0388. The highest BCUT2D eigenvalue weighted by Crippen LogP contribution is 2.33. The fourth-order valence-electron chi connectivity index (χ4n) is 4.12. The van der Waals surface area contributed by atoms with Crippen LogP contribution in [0.25, 0.3) is 0 Å². The molecule has 0 amide bonds. The monoisotopic (exact) mass is 254 g/mol. The summed E-state index contributed by atoms with van der Waals surface area (Å²) in [4.78, 5) is 4.90. The molecule has 1 heterocycles. The molecule has 0 radical (unpaired) electrons. The van der Waals surface area contributed by atoms with E-state index in [1.807, 2.05) is 0 Å². The zero-order chi connectivity index (χ0) is 13.3. The molecule has 0 aromatic rings.